The van der Waals surface area contributed by atoms with Crippen LogP contribution in [-0.4, -0.2) is 19.6 Å². The number of terminal acetylenes is 1. The van der Waals surface area contributed by atoms with E-state index >= 15 is 0 Å². The second-order valence-corrected chi connectivity index (χ2v) is 6.46. The van der Waals surface area contributed by atoms with E-state index in [1.165, 1.54) is 0 Å². The van der Waals surface area contributed by atoms with Gasteiger partial charge in [-0.15, -0.1) is 6.42 Å². The van der Waals surface area contributed by atoms with Gasteiger partial charge in [-0.1, -0.05) is 42.3 Å². The van der Waals surface area contributed by atoms with Gasteiger partial charge < -0.3 is 14.8 Å². The minimum Gasteiger partial charge on any atom is -0.493 e. The molecular formula is C23H19NO3. The Hall–Kier alpha value is -3.45. The SMILES string of the molecule is C#CCOc1ccc([C@H]2CC(=O)Nc3ccc4ccccc4c32)cc1OC. The normalized spacial score (nSPS) is 15.6. The molecule has 1 aliphatic rings. The predicted molar refractivity (Wildman–Crippen MR) is 106 cm³/mol. The highest BCUT2D eigenvalue weighted by atomic mass is 16.5. The quantitative estimate of drug-likeness (QED) is 0.707. The molecule has 1 aliphatic heterocycles. The van der Waals surface area contributed by atoms with Gasteiger partial charge in [-0.2, -0.15) is 0 Å². The summed E-state index contributed by atoms with van der Waals surface area (Å²) in [7, 11) is 1.60. The van der Waals surface area contributed by atoms with Gasteiger partial charge in [0.15, 0.2) is 11.5 Å². The minimum absolute atomic E-state index is 0.00871. The summed E-state index contributed by atoms with van der Waals surface area (Å²) in [6, 6.07) is 18.0. The highest BCUT2D eigenvalue weighted by Gasteiger charge is 2.29. The van der Waals surface area contributed by atoms with Gasteiger partial charge in [-0.25, -0.2) is 0 Å². The Bertz CT molecular complexity index is 1060. The van der Waals surface area contributed by atoms with Crippen LogP contribution in [-0.2, 0) is 4.79 Å². The smallest absolute Gasteiger partial charge is 0.225 e. The molecule has 4 rings (SSSR count). The summed E-state index contributed by atoms with van der Waals surface area (Å²) in [6.45, 7) is 0.176. The monoisotopic (exact) mass is 357 g/mol. The van der Waals surface area contributed by atoms with E-state index in [1.54, 1.807) is 7.11 Å². The fraction of sp³-hybridized carbons (Fsp3) is 0.174. The molecule has 0 aliphatic carbocycles. The van der Waals surface area contributed by atoms with E-state index in [-0.39, 0.29) is 18.4 Å². The number of methoxy groups -OCH3 is 1. The molecule has 3 aromatic carbocycles. The number of amides is 1. The number of anilines is 1. The highest BCUT2D eigenvalue weighted by Crippen LogP contribution is 2.43. The molecule has 1 atom stereocenters. The standard InChI is InChI=1S/C23H19NO3/c1-3-12-27-20-11-9-16(13-21(20)26-2)18-14-22(25)24-19-10-8-15-6-4-5-7-17(15)23(18)19/h1,4-11,13,18H,12,14H2,2H3,(H,24,25)/t18-/m1/s1. The fourth-order valence-electron chi connectivity index (χ4n) is 3.69. The van der Waals surface area contributed by atoms with Gasteiger partial charge in [0.25, 0.3) is 0 Å². The third-order valence-electron chi connectivity index (χ3n) is 4.88. The van der Waals surface area contributed by atoms with Crippen LogP contribution in [0.4, 0.5) is 5.69 Å². The summed E-state index contributed by atoms with van der Waals surface area (Å²) in [5, 5.41) is 5.30. The van der Waals surface area contributed by atoms with E-state index in [0.717, 1.165) is 27.6 Å². The summed E-state index contributed by atoms with van der Waals surface area (Å²) in [5.74, 6) is 3.60. The molecule has 0 saturated heterocycles. The average molecular weight is 357 g/mol. The van der Waals surface area contributed by atoms with E-state index < -0.39 is 0 Å². The van der Waals surface area contributed by atoms with Gasteiger partial charge in [-0.05, 0) is 40.1 Å². The topological polar surface area (TPSA) is 47.6 Å². The molecule has 0 fully saturated rings. The highest BCUT2D eigenvalue weighted by molar-refractivity contribution is 6.01. The van der Waals surface area contributed by atoms with Gasteiger partial charge in [0.2, 0.25) is 5.91 Å². The van der Waals surface area contributed by atoms with Crippen molar-refractivity contribution in [3.63, 3.8) is 0 Å². The van der Waals surface area contributed by atoms with Crippen molar-refractivity contribution >= 4 is 22.4 Å². The Labute approximate surface area is 158 Å². The molecule has 0 spiro atoms. The molecule has 1 N–H and O–H groups in total. The molecule has 134 valence electrons. The first kappa shape index (κ1) is 17.0. The molecule has 4 heteroatoms. The van der Waals surface area contributed by atoms with Crippen molar-refractivity contribution in [2.24, 2.45) is 0 Å². The lowest BCUT2D eigenvalue weighted by molar-refractivity contribution is -0.116. The third kappa shape index (κ3) is 3.09. The lowest BCUT2D eigenvalue weighted by atomic mass is 9.82. The number of fused-ring (bicyclic) bond motifs is 3. The van der Waals surface area contributed by atoms with Crippen LogP contribution in [0.15, 0.2) is 54.6 Å². The van der Waals surface area contributed by atoms with Gasteiger partial charge in [0, 0.05) is 18.0 Å². The average Bonchev–Trinajstić information content (AvgIpc) is 2.71. The van der Waals surface area contributed by atoms with Crippen molar-refractivity contribution in [2.45, 2.75) is 12.3 Å². The number of nitrogens with one attached hydrogen (secondary N) is 1. The number of hydrogen-bond acceptors (Lipinski definition) is 3. The van der Waals surface area contributed by atoms with Crippen LogP contribution in [0.25, 0.3) is 10.8 Å². The largest absolute Gasteiger partial charge is 0.493 e. The van der Waals surface area contributed by atoms with Gasteiger partial charge in [0.05, 0.1) is 7.11 Å². The summed E-state index contributed by atoms with van der Waals surface area (Å²) in [4.78, 5) is 12.3. The first-order valence-electron chi connectivity index (χ1n) is 8.77. The lowest BCUT2D eigenvalue weighted by Gasteiger charge is -2.28. The Morgan fingerprint density at radius 1 is 1.15 bits per heavy atom. The minimum atomic E-state index is -0.0598. The maximum absolute atomic E-state index is 12.3. The van der Waals surface area contributed by atoms with E-state index in [1.807, 2.05) is 42.5 Å². The van der Waals surface area contributed by atoms with Gasteiger partial charge in [0.1, 0.15) is 6.61 Å². The van der Waals surface area contributed by atoms with Crippen LogP contribution in [0, 0.1) is 12.3 Å². The first-order valence-corrected chi connectivity index (χ1v) is 8.77. The third-order valence-corrected chi connectivity index (χ3v) is 4.88. The van der Waals surface area contributed by atoms with Crippen LogP contribution in [0.5, 0.6) is 11.5 Å². The summed E-state index contributed by atoms with van der Waals surface area (Å²) in [5.41, 5.74) is 3.00. The van der Waals surface area contributed by atoms with Crippen LogP contribution in [0.3, 0.4) is 0 Å². The van der Waals surface area contributed by atoms with Crippen LogP contribution >= 0.6 is 0 Å². The zero-order chi connectivity index (χ0) is 18.8. The van der Waals surface area contributed by atoms with Crippen LogP contribution < -0.4 is 14.8 Å². The molecule has 0 bridgehead atoms. The number of carbonyl (C=O) groups is 1. The molecule has 0 saturated carbocycles. The number of rotatable bonds is 4. The Morgan fingerprint density at radius 2 is 2.00 bits per heavy atom. The van der Waals surface area contributed by atoms with E-state index in [0.29, 0.717) is 17.9 Å². The Kier molecular flexibility index (Phi) is 4.43. The number of ether oxygens (including phenoxy) is 2. The van der Waals surface area contributed by atoms with Crippen LogP contribution in [0.1, 0.15) is 23.5 Å². The second kappa shape index (κ2) is 7.05. The summed E-state index contributed by atoms with van der Waals surface area (Å²) >= 11 is 0. The van der Waals surface area contributed by atoms with Crippen molar-refractivity contribution in [3.8, 4) is 23.8 Å². The molecule has 0 radical (unpaired) electrons. The number of carbonyl (C=O) groups excluding carboxylic acids is 1. The van der Waals surface area contributed by atoms with Crippen molar-refractivity contribution in [1.29, 1.82) is 0 Å². The van der Waals surface area contributed by atoms with Crippen molar-refractivity contribution in [3.05, 3.63) is 65.7 Å². The van der Waals surface area contributed by atoms with E-state index in [4.69, 9.17) is 15.9 Å². The van der Waals surface area contributed by atoms with Crippen molar-refractivity contribution < 1.29 is 14.3 Å². The van der Waals surface area contributed by atoms with Crippen molar-refractivity contribution in [1.82, 2.24) is 0 Å². The first-order chi connectivity index (χ1) is 13.2. The summed E-state index contributed by atoms with van der Waals surface area (Å²) in [6.07, 6.45) is 5.66. The molecular weight excluding hydrogens is 338 g/mol. The molecule has 4 nitrogen and oxygen atoms in total. The Balaban J connectivity index is 1.85. The summed E-state index contributed by atoms with van der Waals surface area (Å²) < 4.78 is 11.0. The van der Waals surface area contributed by atoms with Gasteiger partial charge >= 0.3 is 0 Å². The maximum Gasteiger partial charge on any atom is 0.225 e. The zero-order valence-corrected chi connectivity index (χ0v) is 15.0. The Morgan fingerprint density at radius 3 is 2.81 bits per heavy atom. The number of hydrogen-bond donors (Lipinski definition) is 1. The van der Waals surface area contributed by atoms with Gasteiger partial charge in [-0.3, -0.25) is 4.79 Å². The second-order valence-electron chi connectivity index (χ2n) is 6.46. The fourth-order valence-corrected chi connectivity index (χ4v) is 3.69. The molecule has 1 heterocycles. The number of benzene rings is 3. The molecule has 0 aromatic heterocycles. The molecule has 0 unspecified atom stereocenters. The lowest BCUT2D eigenvalue weighted by Crippen LogP contribution is -2.23. The maximum atomic E-state index is 12.3. The molecule has 3 aromatic rings. The molecule has 27 heavy (non-hydrogen) atoms. The molecule has 1 amide bonds. The van der Waals surface area contributed by atoms with Crippen molar-refractivity contribution in [2.75, 3.05) is 19.0 Å². The zero-order valence-electron chi connectivity index (χ0n) is 15.0. The van der Waals surface area contributed by atoms with Crippen LogP contribution in [0.2, 0.25) is 0 Å². The predicted octanol–water partition coefficient (Wildman–Crippen LogP) is 4.33. The van der Waals surface area contributed by atoms with E-state index in [2.05, 4.69) is 23.4 Å². The van der Waals surface area contributed by atoms with E-state index in [9.17, 15) is 4.79 Å².